The molecule has 0 bridgehead atoms. The Labute approximate surface area is 142 Å². The third kappa shape index (κ3) is 20.1. The van der Waals surface area contributed by atoms with Crippen molar-refractivity contribution in [3.63, 3.8) is 0 Å². The number of aliphatic carboxylic acids is 1. The normalized spacial score (nSPS) is 8.91. The minimum Gasteiger partial charge on any atom is -0.481 e. The third-order valence-corrected chi connectivity index (χ3v) is 3.43. The lowest BCUT2D eigenvalue weighted by molar-refractivity contribution is -0.137. The minimum absolute atomic E-state index is 0.316. The van der Waals surface area contributed by atoms with Crippen molar-refractivity contribution in [2.75, 3.05) is 0 Å². The molecular formula is C21H30O2. The first-order valence-corrected chi connectivity index (χ1v) is 8.95. The van der Waals surface area contributed by atoms with Crippen LogP contribution < -0.4 is 0 Å². The van der Waals surface area contributed by atoms with Crippen molar-refractivity contribution in [1.29, 1.82) is 0 Å². The second-order valence-corrected chi connectivity index (χ2v) is 5.68. The van der Waals surface area contributed by atoms with Crippen LogP contribution in [0.25, 0.3) is 0 Å². The molecule has 0 unspecified atom stereocenters. The Morgan fingerprint density at radius 3 is 1.70 bits per heavy atom. The molecule has 0 aromatic heterocycles. The van der Waals surface area contributed by atoms with Crippen LogP contribution in [-0.2, 0) is 4.79 Å². The SMILES string of the molecule is CCCC#CC#CC#CCCCCCCCCCCCC(=O)O. The van der Waals surface area contributed by atoms with E-state index in [0.717, 1.165) is 38.5 Å². The van der Waals surface area contributed by atoms with Crippen LogP contribution in [0.5, 0.6) is 0 Å². The summed E-state index contributed by atoms with van der Waals surface area (Å²) in [5.41, 5.74) is 0. The molecule has 0 aliphatic carbocycles. The van der Waals surface area contributed by atoms with Crippen molar-refractivity contribution < 1.29 is 9.90 Å². The largest absolute Gasteiger partial charge is 0.481 e. The summed E-state index contributed by atoms with van der Waals surface area (Å²) >= 11 is 0. The molecule has 0 aliphatic rings. The molecule has 0 saturated carbocycles. The van der Waals surface area contributed by atoms with Gasteiger partial charge >= 0.3 is 5.97 Å². The number of hydrogen-bond acceptors (Lipinski definition) is 1. The van der Waals surface area contributed by atoms with Crippen molar-refractivity contribution >= 4 is 5.97 Å². The molecule has 1 N–H and O–H groups in total. The van der Waals surface area contributed by atoms with E-state index in [-0.39, 0.29) is 0 Å². The predicted octanol–water partition coefficient (Wildman–Crippen LogP) is 5.17. The summed E-state index contributed by atoms with van der Waals surface area (Å²) in [5.74, 6) is 16.5. The molecule has 0 aliphatic heterocycles. The van der Waals surface area contributed by atoms with Crippen molar-refractivity contribution in [2.45, 2.75) is 90.4 Å². The van der Waals surface area contributed by atoms with E-state index in [0.29, 0.717) is 6.42 Å². The molecule has 0 fully saturated rings. The van der Waals surface area contributed by atoms with Gasteiger partial charge in [0, 0.05) is 19.3 Å². The van der Waals surface area contributed by atoms with E-state index in [4.69, 9.17) is 5.11 Å². The van der Waals surface area contributed by atoms with E-state index in [9.17, 15) is 4.79 Å². The minimum atomic E-state index is -0.677. The zero-order chi connectivity index (χ0) is 17.0. The summed E-state index contributed by atoms with van der Waals surface area (Å²) in [6, 6.07) is 0. The second kappa shape index (κ2) is 18.2. The van der Waals surface area contributed by atoms with Gasteiger partial charge in [-0.25, -0.2) is 0 Å². The Morgan fingerprint density at radius 1 is 0.696 bits per heavy atom. The van der Waals surface area contributed by atoms with Gasteiger partial charge in [-0.2, -0.15) is 0 Å². The summed E-state index contributed by atoms with van der Waals surface area (Å²) in [6.45, 7) is 2.10. The van der Waals surface area contributed by atoms with Crippen molar-refractivity contribution in [1.82, 2.24) is 0 Å². The molecule has 0 spiro atoms. The van der Waals surface area contributed by atoms with E-state index in [1.54, 1.807) is 0 Å². The van der Waals surface area contributed by atoms with Gasteiger partial charge in [0.05, 0.1) is 0 Å². The Balaban J connectivity index is 3.28. The lowest BCUT2D eigenvalue weighted by atomic mass is 10.1. The lowest BCUT2D eigenvalue weighted by Gasteiger charge is -2.01. The van der Waals surface area contributed by atoms with Crippen LogP contribution in [0.1, 0.15) is 90.4 Å². The Hall–Kier alpha value is -1.85. The van der Waals surface area contributed by atoms with Crippen LogP contribution in [-0.4, -0.2) is 11.1 Å². The number of rotatable bonds is 12. The van der Waals surface area contributed by atoms with Gasteiger partial charge < -0.3 is 5.11 Å². The molecule has 126 valence electrons. The summed E-state index contributed by atoms with van der Waals surface area (Å²) in [5, 5.41) is 8.53. The monoisotopic (exact) mass is 314 g/mol. The highest BCUT2D eigenvalue weighted by Crippen LogP contribution is 2.11. The molecule has 0 saturated heterocycles. The van der Waals surface area contributed by atoms with Crippen molar-refractivity contribution in [3.8, 4) is 35.5 Å². The summed E-state index contributed by atoms with van der Waals surface area (Å²) in [4.78, 5) is 10.3. The zero-order valence-corrected chi connectivity index (χ0v) is 14.5. The number of unbranched alkanes of at least 4 members (excludes halogenated alkanes) is 10. The van der Waals surface area contributed by atoms with Gasteiger partial charge in [0.15, 0.2) is 0 Å². The van der Waals surface area contributed by atoms with Gasteiger partial charge in [-0.3, -0.25) is 4.79 Å². The number of hydrogen-bond donors (Lipinski definition) is 1. The van der Waals surface area contributed by atoms with Crippen molar-refractivity contribution in [3.05, 3.63) is 0 Å². The molecule has 0 amide bonds. The Bertz CT molecular complexity index is 471. The first-order valence-electron chi connectivity index (χ1n) is 8.95. The third-order valence-electron chi connectivity index (χ3n) is 3.43. The molecule has 2 nitrogen and oxygen atoms in total. The van der Waals surface area contributed by atoms with E-state index < -0.39 is 5.97 Å². The molecule has 0 atom stereocenters. The van der Waals surface area contributed by atoms with E-state index in [1.807, 2.05) is 0 Å². The highest BCUT2D eigenvalue weighted by molar-refractivity contribution is 5.66. The molecule has 2 heteroatoms. The number of carbonyl (C=O) groups is 1. The van der Waals surface area contributed by atoms with Gasteiger partial charge in [-0.1, -0.05) is 63.7 Å². The maximum absolute atomic E-state index is 10.3. The number of carboxylic acid groups (broad SMARTS) is 1. The Morgan fingerprint density at radius 2 is 1.17 bits per heavy atom. The van der Waals surface area contributed by atoms with Crippen LogP contribution in [0, 0.1) is 35.5 Å². The molecule has 0 heterocycles. The second-order valence-electron chi connectivity index (χ2n) is 5.68. The fourth-order valence-corrected chi connectivity index (χ4v) is 2.13. The summed E-state index contributed by atoms with van der Waals surface area (Å²) < 4.78 is 0. The van der Waals surface area contributed by atoms with E-state index >= 15 is 0 Å². The quantitative estimate of drug-likeness (QED) is 0.398. The van der Waals surface area contributed by atoms with E-state index in [2.05, 4.69) is 42.4 Å². The maximum Gasteiger partial charge on any atom is 0.303 e. The average molecular weight is 314 g/mol. The standard InChI is InChI=1S/C21H30O2/c1-2-3-4-5-6-7-8-9-10-11-12-13-14-15-16-17-18-19-20-21(22)23/h2-3,10-20H2,1H3,(H,22,23). The highest BCUT2D eigenvalue weighted by atomic mass is 16.4. The summed E-state index contributed by atoms with van der Waals surface area (Å²) in [7, 11) is 0. The van der Waals surface area contributed by atoms with Gasteiger partial charge in [0.25, 0.3) is 0 Å². The molecule has 0 rings (SSSR count). The van der Waals surface area contributed by atoms with Crippen LogP contribution in [0.2, 0.25) is 0 Å². The molecule has 0 radical (unpaired) electrons. The smallest absolute Gasteiger partial charge is 0.303 e. The van der Waals surface area contributed by atoms with Crippen LogP contribution in [0.15, 0.2) is 0 Å². The van der Waals surface area contributed by atoms with Crippen LogP contribution in [0.4, 0.5) is 0 Å². The number of carboxylic acids is 1. The molecule has 0 aromatic rings. The van der Waals surface area contributed by atoms with Gasteiger partial charge in [0.2, 0.25) is 0 Å². The van der Waals surface area contributed by atoms with Gasteiger partial charge in [-0.05, 0) is 42.9 Å². The van der Waals surface area contributed by atoms with Gasteiger partial charge in [-0.15, -0.1) is 0 Å². The van der Waals surface area contributed by atoms with Crippen LogP contribution in [0.3, 0.4) is 0 Å². The van der Waals surface area contributed by atoms with E-state index in [1.165, 1.54) is 38.5 Å². The average Bonchev–Trinajstić information content (AvgIpc) is 2.53. The maximum atomic E-state index is 10.3. The van der Waals surface area contributed by atoms with Gasteiger partial charge in [0.1, 0.15) is 0 Å². The van der Waals surface area contributed by atoms with Crippen LogP contribution >= 0.6 is 0 Å². The molecular weight excluding hydrogens is 284 g/mol. The fraction of sp³-hybridized carbons (Fsp3) is 0.667. The molecule has 23 heavy (non-hydrogen) atoms. The first-order chi connectivity index (χ1) is 11.3. The predicted molar refractivity (Wildman–Crippen MR) is 96.7 cm³/mol. The highest BCUT2D eigenvalue weighted by Gasteiger charge is 1.96. The fourth-order valence-electron chi connectivity index (χ4n) is 2.13. The van der Waals surface area contributed by atoms with Crippen molar-refractivity contribution in [2.24, 2.45) is 0 Å². The first kappa shape index (κ1) is 21.1. The zero-order valence-electron chi connectivity index (χ0n) is 14.5. The lowest BCUT2D eigenvalue weighted by Crippen LogP contribution is -1.93. The summed E-state index contributed by atoms with van der Waals surface area (Å²) in [6.07, 6.45) is 13.7. The Kier molecular flexibility index (Phi) is 16.7. The molecule has 0 aromatic carbocycles. The topological polar surface area (TPSA) is 37.3 Å².